The van der Waals surface area contributed by atoms with Gasteiger partial charge in [-0.1, -0.05) is 37.6 Å². The van der Waals surface area contributed by atoms with Crippen molar-refractivity contribution < 1.29 is 0 Å². The lowest BCUT2D eigenvalue weighted by Crippen LogP contribution is -2.51. The third kappa shape index (κ3) is 3.80. The van der Waals surface area contributed by atoms with Gasteiger partial charge in [0, 0.05) is 32.2 Å². The molecule has 2 heteroatoms. The van der Waals surface area contributed by atoms with Crippen LogP contribution in [-0.2, 0) is 6.42 Å². The Morgan fingerprint density at radius 3 is 2.47 bits per heavy atom. The van der Waals surface area contributed by atoms with Crippen molar-refractivity contribution >= 4 is 0 Å². The van der Waals surface area contributed by atoms with Gasteiger partial charge in [-0.2, -0.15) is 0 Å². The van der Waals surface area contributed by atoms with E-state index in [2.05, 4.69) is 56.1 Å². The fourth-order valence-electron chi connectivity index (χ4n) is 3.05. The number of nitrogens with zero attached hydrogens (tertiary/aromatic N) is 1. The molecule has 1 aliphatic rings. The molecule has 1 aromatic rings. The van der Waals surface area contributed by atoms with Gasteiger partial charge in [-0.3, -0.25) is 4.90 Å². The first kappa shape index (κ1) is 14.5. The molecule has 1 aromatic carbocycles. The molecule has 0 amide bonds. The molecule has 1 unspecified atom stereocenters. The van der Waals surface area contributed by atoms with Gasteiger partial charge >= 0.3 is 0 Å². The summed E-state index contributed by atoms with van der Waals surface area (Å²) in [6, 6.07) is 7.52. The highest BCUT2D eigenvalue weighted by Gasteiger charge is 2.23. The Balaban J connectivity index is 2.13. The van der Waals surface area contributed by atoms with Crippen molar-refractivity contribution in [3.8, 4) is 0 Å². The normalized spacial score (nSPS) is 18.8. The summed E-state index contributed by atoms with van der Waals surface area (Å²) in [5, 5.41) is 3.45. The zero-order valence-electron chi connectivity index (χ0n) is 12.9. The van der Waals surface area contributed by atoms with E-state index in [1.165, 1.54) is 36.2 Å². The van der Waals surface area contributed by atoms with Gasteiger partial charge in [0.25, 0.3) is 0 Å². The van der Waals surface area contributed by atoms with E-state index >= 15 is 0 Å². The lowest BCUT2D eigenvalue weighted by Gasteiger charge is -2.37. The topological polar surface area (TPSA) is 15.3 Å². The van der Waals surface area contributed by atoms with Crippen LogP contribution in [-0.4, -0.2) is 37.1 Å². The second-order valence-corrected chi connectivity index (χ2v) is 6.23. The minimum Gasteiger partial charge on any atom is -0.314 e. The van der Waals surface area contributed by atoms with Gasteiger partial charge in [-0.05, 0) is 37.3 Å². The van der Waals surface area contributed by atoms with Crippen LogP contribution in [0.3, 0.4) is 0 Å². The second kappa shape index (κ2) is 6.53. The second-order valence-electron chi connectivity index (χ2n) is 6.23. The Kier molecular flexibility index (Phi) is 5.00. The predicted molar refractivity (Wildman–Crippen MR) is 82.7 cm³/mol. The minimum atomic E-state index is 0.669. The predicted octanol–water partition coefficient (Wildman–Crippen LogP) is 2.78. The molecule has 0 spiro atoms. The summed E-state index contributed by atoms with van der Waals surface area (Å²) in [5.41, 5.74) is 4.34. The van der Waals surface area contributed by atoms with Crippen molar-refractivity contribution in [3.63, 3.8) is 0 Å². The summed E-state index contributed by atoms with van der Waals surface area (Å²) in [6.07, 6.45) is 1.19. The van der Waals surface area contributed by atoms with E-state index in [0.717, 1.165) is 13.1 Å². The average Bonchev–Trinajstić information content (AvgIpc) is 2.40. The number of piperazine rings is 1. The Labute approximate surface area is 118 Å². The van der Waals surface area contributed by atoms with E-state index in [1.54, 1.807) is 0 Å². The minimum absolute atomic E-state index is 0.669. The van der Waals surface area contributed by atoms with Crippen LogP contribution < -0.4 is 5.32 Å². The molecular weight excluding hydrogens is 232 g/mol. The summed E-state index contributed by atoms with van der Waals surface area (Å²) < 4.78 is 0. The standard InChI is InChI=1S/C17H28N2/c1-13(2)17(19-9-7-18-8-10-19)12-16-11-14(3)5-6-15(16)4/h5-6,11,13,17-18H,7-10,12H2,1-4H3. The maximum atomic E-state index is 3.45. The molecule has 19 heavy (non-hydrogen) atoms. The fourth-order valence-corrected chi connectivity index (χ4v) is 3.05. The smallest absolute Gasteiger partial charge is 0.0160 e. The first-order chi connectivity index (χ1) is 9.08. The van der Waals surface area contributed by atoms with Crippen LogP contribution >= 0.6 is 0 Å². The van der Waals surface area contributed by atoms with Crippen molar-refractivity contribution in [3.05, 3.63) is 34.9 Å². The molecule has 106 valence electrons. The van der Waals surface area contributed by atoms with Crippen LogP contribution in [0.2, 0.25) is 0 Å². The van der Waals surface area contributed by atoms with E-state index < -0.39 is 0 Å². The summed E-state index contributed by atoms with van der Waals surface area (Å²) in [7, 11) is 0. The first-order valence-electron chi connectivity index (χ1n) is 7.59. The lowest BCUT2D eigenvalue weighted by molar-refractivity contribution is 0.136. The SMILES string of the molecule is Cc1ccc(C)c(CC(C(C)C)N2CCNCC2)c1. The van der Waals surface area contributed by atoms with Crippen molar-refractivity contribution in [1.82, 2.24) is 10.2 Å². The highest BCUT2D eigenvalue weighted by atomic mass is 15.2. The monoisotopic (exact) mass is 260 g/mol. The molecule has 2 nitrogen and oxygen atoms in total. The maximum Gasteiger partial charge on any atom is 0.0160 e. The Morgan fingerprint density at radius 2 is 1.84 bits per heavy atom. The number of hydrogen-bond donors (Lipinski definition) is 1. The highest BCUT2D eigenvalue weighted by molar-refractivity contribution is 5.31. The number of benzene rings is 1. The van der Waals surface area contributed by atoms with Crippen molar-refractivity contribution in [2.45, 2.75) is 40.2 Å². The molecule has 0 radical (unpaired) electrons. The highest BCUT2D eigenvalue weighted by Crippen LogP contribution is 2.20. The molecule has 1 N–H and O–H groups in total. The third-order valence-electron chi connectivity index (χ3n) is 4.32. The first-order valence-corrected chi connectivity index (χ1v) is 7.59. The van der Waals surface area contributed by atoms with Crippen molar-refractivity contribution in [2.24, 2.45) is 5.92 Å². The molecular formula is C17H28N2. The summed E-state index contributed by atoms with van der Waals surface area (Å²) in [6.45, 7) is 13.8. The van der Waals surface area contributed by atoms with Gasteiger partial charge in [0.05, 0.1) is 0 Å². The zero-order chi connectivity index (χ0) is 13.8. The largest absolute Gasteiger partial charge is 0.314 e. The van der Waals surface area contributed by atoms with Crippen LogP contribution in [0.25, 0.3) is 0 Å². The fraction of sp³-hybridized carbons (Fsp3) is 0.647. The van der Waals surface area contributed by atoms with Crippen LogP contribution in [0.15, 0.2) is 18.2 Å². The molecule has 0 aliphatic carbocycles. The number of aryl methyl sites for hydroxylation is 2. The number of nitrogens with one attached hydrogen (secondary N) is 1. The van der Waals surface area contributed by atoms with Crippen molar-refractivity contribution in [2.75, 3.05) is 26.2 Å². The van der Waals surface area contributed by atoms with E-state index in [4.69, 9.17) is 0 Å². The summed E-state index contributed by atoms with van der Waals surface area (Å²) in [4.78, 5) is 2.67. The van der Waals surface area contributed by atoms with Crippen LogP contribution in [0.4, 0.5) is 0 Å². The molecule has 1 heterocycles. The van der Waals surface area contributed by atoms with Crippen LogP contribution in [0.5, 0.6) is 0 Å². The van der Waals surface area contributed by atoms with Gasteiger partial charge in [-0.25, -0.2) is 0 Å². The van der Waals surface area contributed by atoms with Gasteiger partial charge in [0.1, 0.15) is 0 Å². The lowest BCUT2D eigenvalue weighted by atomic mass is 9.91. The molecule has 0 aromatic heterocycles. The van der Waals surface area contributed by atoms with E-state index in [-0.39, 0.29) is 0 Å². The van der Waals surface area contributed by atoms with Crippen LogP contribution in [0, 0.1) is 19.8 Å². The Hall–Kier alpha value is -0.860. The van der Waals surface area contributed by atoms with E-state index in [1.807, 2.05) is 0 Å². The van der Waals surface area contributed by atoms with Gasteiger partial charge in [-0.15, -0.1) is 0 Å². The summed E-state index contributed by atoms with van der Waals surface area (Å²) in [5.74, 6) is 0.706. The van der Waals surface area contributed by atoms with Crippen LogP contribution in [0.1, 0.15) is 30.5 Å². The summed E-state index contributed by atoms with van der Waals surface area (Å²) >= 11 is 0. The Bertz CT molecular complexity index is 406. The molecule has 1 aliphatic heterocycles. The van der Waals surface area contributed by atoms with E-state index in [0.29, 0.717) is 12.0 Å². The van der Waals surface area contributed by atoms with Crippen molar-refractivity contribution in [1.29, 1.82) is 0 Å². The number of hydrogen-bond acceptors (Lipinski definition) is 2. The third-order valence-corrected chi connectivity index (χ3v) is 4.32. The van der Waals surface area contributed by atoms with E-state index in [9.17, 15) is 0 Å². The van der Waals surface area contributed by atoms with Gasteiger partial charge < -0.3 is 5.32 Å². The quantitative estimate of drug-likeness (QED) is 0.895. The molecule has 0 bridgehead atoms. The molecule has 0 saturated carbocycles. The molecule has 2 rings (SSSR count). The maximum absolute atomic E-state index is 3.45. The molecule has 1 atom stereocenters. The zero-order valence-corrected chi connectivity index (χ0v) is 12.9. The average molecular weight is 260 g/mol. The van der Waals surface area contributed by atoms with Gasteiger partial charge in [0.2, 0.25) is 0 Å². The molecule has 1 saturated heterocycles. The van der Waals surface area contributed by atoms with Gasteiger partial charge in [0.15, 0.2) is 0 Å². The molecule has 1 fully saturated rings. The Morgan fingerprint density at radius 1 is 1.16 bits per heavy atom. The number of rotatable bonds is 4.